The van der Waals surface area contributed by atoms with Crippen LogP contribution in [-0.4, -0.2) is 22.2 Å². The van der Waals surface area contributed by atoms with E-state index < -0.39 is 11.9 Å². The normalized spacial score (nSPS) is 9.65. The number of carboxylic acids is 2. The number of hydrogen-bond acceptors (Lipinski definition) is 2. The molecule has 0 aliphatic carbocycles. The summed E-state index contributed by atoms with van der Waals surface area (Å²) < 4.78 is 0. The molecule has 17 heavy (non-hydrogen) atoms. The molecule has 0 bridgehead atoms. The summed E-state index contributed by atoms with van der Waals surface area (Å²) in [6.45, 7) is 0. The van der Waals surface area contributed by atoms with E-state index in [0.717, 1.165) is 0 Å². The predicted octanol–water partition coefficient (Wildman–Crippen LogP) is 2.23. The van der Waals surface area contributed by atoms with E-state index in [0.29, 0.717) is 10.8 Å². The number of rotatable bonds is 2. The molecule has 0 spiro atoms. The topological polar surface area (TPSA) is 74.6 Å². The Balaban J connectivity index is 0.00000144. The van der Waals surface area contributed by atoms with Gasteiger partial charge in [0, 0.05) is 26.2 Å². The first kappa shape index (κ1) is 13.6. The minimum absolute atomic E-state index is 0. The van der Waals surface area contributed by atoms with Crippen LogP contribution in [-0.2, 0) is 26.2 Å². The molecular weight excluding hydrogens is 299 g/mol. The Bertz CT molecular complexity index is 540. The molecule has 0 aromatic heterocycles. The Labute approximate surface area is 116 Å². The van der Waals surface area contributed by atoms with Crippen molar-refractivity contribution in [3.05, 3.63) is 47.5 Å². The van der Waals surface area contributed by atoms with E-state index in [1.54, 1.807) is 24.3 Å². The van der Waals surface area contributed by atoms with Gasteiger partial charge in [-0.15, -0.1) is 0 Å². The molecule has 0 aliphatic heterocycles. The summed E-state index contributed by atoms with van der Waals surface area (Å²) in [5.74, 6) is -2.12. The predicted molar refractivity (Wildman–Crippen MR) is 57.9 cm³/mol. The average Bonchev–Trinajstić information content (AvgIpc) is 2.27. The summed E-state index contributed by atoms with van der Waals surface area (Å²) in [6, 6.07) is 9.19. The van der Waals surface area contributed by atoms with Crippen molar-refractivity contribution in [2.75, 3.05) is 0 Å². The third-order valence-corrected chi connectivity index (χ3v) is 2.38. The van der Waals surface area contributed by atoms with Gasteiger partial charge in [-0.3, -0.25) is 0 Å². The van der Waals surface area contributed by atoms with Crippen molar-refractivity contribution in [2.45, 2.75) is 0 Å². The fourth-order valence-corrected chi connectivity index (χ4v) is 1.67. The molecule has 84 valence electrons. The molecule has 2 rings (SSSR count). The van der Waals surface area contributed by atoms with Crippen LogP contribution in [0.1, 0.15) is 20.7 Å². The van der Waals surface area contributed by atoms with Crippen LogP contribution in [0.25, 0.3) is 10.8 Å². The zero-order chi connectivity index (χ0) is 11.7. The zero-order valence-electron chi connectivity index (χ0n) is 8.68. The van der Waals surface area contributed by atoms with Gasteiger partial charge in [-0.1, -0.05) is 24.3 Å². The molecule has 0 heterocycles. The Hall–Kier alpha value is -1.48. The maximum atomic E-state index is 10.9. The number of carboxylic acid groups (broad SMARTS) is 2. The van der Waals surface area contributed by atoms with Gasteiger partial charge in [-0.25, -0.2) is 9.59 Å². The molecule has 0 saturated heterocycles. The summed E-state index contributed by atoms with van der Waals surface area (Å²) in [7, 11) is 0. The van der Waals surface area contributed by atoms with Crippen LogP contribution in [0.15, 0.2) is 36.4 Å². The van der Waals surface area contributed by atoms with E-state index in [-0.39, 0.29) is 37.3 Å². The van der Waals surface area contributed by atoms with Gasteiger partial charge >= 0.3 is 11.9 Å². The number of hydrogen-bond donors (Lipinski definition) is 2. The summed E-state index contributed by atoms with van der Waals surface area (Å²) in [4.78, 5) is 21.9. The smallest absolute Gasteiger partial charge is 0.336 e. The van der Waals surface area contributed by atoms with Gasteiger partial charge in [0.15, 0.2) is 0 Å². The second-order valence-corrected chi connectivity index (χ2v) is 3.32. The van der Waals surface area contributed by atoms with E-state index in [9.17, 15) is 9.59 Å². The molecule has 0 amide bonds. The molecule has 5 heteroatoms. The van der Waals surface area contributed by atoms with Crippen molar-refractivity contribution in [1.82, 2.24) is 0 Å². The van der Waals surface area contributed by atoms with Gasteiger partial charge in [0.05, 0.1) is 11.1 Å². The summed E-state index contributed by atoms with van der Waals surface area (Å²) in [5, 5.41) is 18.8. The molecule has 2 aromatic rings. The van der Waals surface area contributed by atoms with Crippen LogP contribution >= 0.6 is 0 Å². The maximum absolute atomic E-state index is 10.9. The molecule has 2 aromatic carbocycles. The Morgan fingerprint density at radius 3 is 1.41 bits per heavy atom. The van der Waals surface area contributed by atoms with Gasteiger partial charge in [-0.05, 0) is 22.9 Å². The van der Waals surface area contributed by atoms with Crippen LogP contribution in [0.2, 0.25) is 0 Å². The molecule has 0 saturated carbocycles. The van der Waals surface area contributed by atoms with Gasteiger partial charge in [0.25, 0.3) is 0 Å². The molecule has 0 aliphatic rings. The first-order valence-electron chi connectivity index (χ1n) is 4.59. The standard InChI is InChI=1S/C12H8O4.Zr/c13-11(14)9-5-6-10(12(15)16)8-4-2-1-3-7(8)9;/h1-6H,(H,13,14)(H,15,16);. The average molecular weight is 307 g/mol. The van der Waals surface area contributed by atoms with Crippen molar-refractivity contribution in [3.8, 4) is 0 Å². The fourth-order valence-electron chi connectivity index (χ4n) is 1.67. The number of carbonyl (C=O) groups is 2. The molecule has 0 unspecified atom stereocenters. The van der Waals surface area contributed by atoms with Crippen LogP contribution in [0.5, 0.6) is 0 Å². The third-order valence-electron chi connectivity index (χ3n) is 2.38. The Morgan fingerprint density at radius 1 is 0.765 bits per heavy atom. The van der Waals surface area contributed by atoms with E-state index in [1.807, 2.05) is 0 Å². The van der Waals surface area contributed by atoms with Crippen molar-refractivity contribution in [2.24, 2.45) is 0 Å². The van der Waals surface area contributed by atoms with E-state index in [4.69, 9.17) is 10.2 Å². The quantitative estimate of drug-likeness (QED) is 0.892. The van der Waals surface area contributed by atoms with Crippen LogP contribution in [0.4, 0.5) is 0 Å². The summed E-state index contributed by atoms with van der Waals surface area (Å²) in [5.41, 5.74) is 0.223. The first-order valence-corrected chi connectivity index (χ1v) is 4.59. The molecule has 0 radical (unpaired) electrons. The fraction of sp³-hybridized carbons (Fsp3) is 0. The van der Waals surface area contributed by atoms with Crippen LogP contribution in [0, 0.1) is 0 Å². The molecule has 0 fully saturated rings. The second-order valence-electron chi connectivity index (χ2n) is 3.32. The number of benzene rings is 2. The minimum atomic E-state index is -1.06. The van der Waals surface area contributed by atoms with E-state index in [1.165, 1.54) is 12.1 Å². The van der Waals surface area contributed by atoms with Crippen molar-refractivity contribution in [3.63, 3.8) is 0 Å². The molecular formula is C12H8O4Zr. The largest absolute Gasteiger partial charge is 0.478 e. The summed E-state index contributed by atoms with van der Waals surface area (Å²) in [6.07, 6.45) is 0. The van der Waals surface area contributed by atoms with Crippen molar-refractivity contribution in [1.29, 1.82) is 0 Å². The molecule has 2 N–H and O–H groups in total. The van der Waals surface area contributed by atoms with Gasteiger partial charge in [-0.2, -0.15) is 0 Å². The van der Waals surface area contributed by atoms with Crippen LogP contribution < -0.4 is 0 Å². The van der Waals surface area contributed by atoms with E-state index in [2.05, 4.69) is 0 Å². The maximum Gasteiger partial charge on any atom is 0.336 e. The minimum Gasteiger partial charge on any atom is -0.478 e. The van der Waals surface area contributed by atoms with Crippen molar-refractivity contribution < 1.29 is 46.0 Å². The second kappa shape index (κ2) is 5.24. The number of fused-ring (bicyclic) bond motifs is 1. The first-order chi connectivity index (χ1) is 7.61. The third kappa shape index (κ3) is 2.44. The Kier molecular flexibility index (Phi) is 4.18. The monoisotopic (exact) mass is 306 g/mol. The van der Waals surface area contributed by atoms with Gasteiger partial charge < -0.3 is 10.2 Å². The van der Waals surface area contributed by atoms with Crippen molar-refractivity contribution >= 4 is 22.7 Å². The zero-order valence-corrected chi connectivity index (χ0v) is 11.1. The van der Waals surface area contributed by atoms with Gasteiger partial charge in [0.2, 0.25) is 0 Å². The SMILES string of the molecule is O=C(O)c1ccc(C(=O)O)c2ccccc12.[Zr]. The summed E-state index contributed by atoms with van der Waals surface area (Å²) >= 11 is 0. The van der Waals surface area contributed by atoms with Crippen LogP contribution in [0.3, 0.4) is 0 Å². The molecule has 0 atom stereocenters. The number of aromatic carboxylic acids is 2. The van der Waals surface area contributed by atoms with Gasteiger partial charge in [0.1, 0.15) is 0 Å². The van der Waals surface area contributed by atoms with E-state index >= 15 is 0 Å². The Morgan fingerprint density at radius 2 is 1.12 bits per heavy atom. The molecule has 4 nitrogen and oxygen atoms in total.